The number of benzene rings is 1. The number of nitrogens with zero attached hydrogens (tertiary/aromatic N) is 2. The minimum absolute atomic E-state index is 0.266. The van der Waals surface area contributed by atoms with Crippen LogP contribution in [0.2, 0.25) is 0 Å². The van der Waals surface area contributed by atoms with Crippen LogP contribution in [0.3, 0.4) is 0 Å². The number of hydrogen-bond acceptors (Lipinski definition) is 7. The monoisotopic (exact) mass is 479 g/mol. The van der Waals surface area contributed by atoms with Crippen LogP contribution in [-0.2, 0) is 19.1 Å². The highest BCUT2D eigenvalue weighted by Gasteiger charge is 2.40. The first-order valence-electron chi connectivity index (χ1n) is 11.5. The number of aromatic nitrogens is 1. The molecular weight excluding hydrogens is 453 g/mol. The smallest absolute Gasteiger partial charge is 0.328 e. The van der Waals surface area contributed by atoms with Crippen LogP contribution in [0.15, 0.2) is 48.4 Å². The van der Waals surface area contributed by atoms with E-state index < -0.39 is 23.6 Å². The summed E-state index contributed by atoms with van der Waals surface area (Å²) < 4.78 is 25.2. The lowest BCUT2D eigenvalue weighted by Crippen LogP contribution is -2.37. The average molecular weight is 480 g/mol. The van der Waals surface area contributed by atoms with Gasteiger partial charge >= 0.3 is 5.97 Å². The standard InChI is InChI=1S/C26H26FN3O5/c1-4-34-25(33)20-10-16(31)13-30(20)22-8-5-14(12-28-22)18-11-21(35-26(18,2)3)23-17-9-15(27)6-7-19(17)29-24(23)32/h5-9,11-12,16,20,31H,4,10,13H2,1-3H3,(H,29,32)/b23-21+/t16-,20+/m1/s1. The molecule has 8 nitrogen and oxygen atoms in total. The molecule has 0 saturated carbocycles. The van der Waals surface area contributed by atoms with Gasteiger partial charge in [0.15, 0.2) is 0 Å². The topological polar surface area (TPSA) is 101 Å². The lowest BCUT2D eigenvalue weighted by atomic mass is 9.93. The molecule has 1 fully saturated rings. The average Bonchev–Trinajstić information content (AvgIpc) is 3.45. The number of allylic oxidation sites excluding steroid dienone is 1. The molecule has 4 heterocycles. The second-order valence-electron chi connectivity index (χ2n) is 9.27. The van der Waals surface area contributed by atoms with Crippen molar-refractivity contribution in [2.45, 2.75) is 44.9 Å². The van der Waals surface area contributed by atoms with Gasteiger partial charge in [0.05, 0.1) is 18.3 Å². The summed E-state index contributed by atoms with van der Waals surface area (Å²) in [5.74, 6) is -0.252. The molecule has 1 aromatic carbocycles. The van der Waals surface area contributed by atoms with Crippen LogP contribution in [0.5, 0.6) is 0 Å². The van der Waals surface area contributed by atoms with Gasteiger partial charge in [0, 0.05) is 41.5 Å². The van der Waals surface area contributed by atoms with E-state index in [0.717, 1.165) is 11.1 Å². The summed E-state index contributed by atoms with van der Waals surface area (Å²) in [5, 5.41) is 12.9. The number of hydrogen-bond donors (Lipinski definition) is 2. The van der Waals surface area contributed by atoms with Crippen molar-refractivity contribution in [3.8, 4) is 0 Å². The molecule has 1 saturated heterocycles. The van der Waals surface area contributed by atoms with Crippen molar-refractivity contribution in [2.75, 3.05) is 23.4 Å². The third-order valence-corrected chi connectivity index (χ3v) is 6.45. The number of carbonyl (C=O) groups excluding carboxylic acids is 2. The third kappa shape index (κ3) is 4.05. The summed E-state index contributed by atoms with van der Waals surface area (Å²) in [6.45, 7) is 6.06. The Hall–Kier alpha value is -3.72. The molecule has 3 aliphatic rings. The van der Waals surface area contributed by atoms with Crippen LogP contribution in [0.4, 0.5) is 15.9 Å². The Balaban J connectivity index is 1.47. The maximum absolute atomic E-state index is 13.9. The number of fused-ring (bicyclic) bond motifs is 1. The molecule has 182 valence electrons. The molecule has 35 heavy (non-hydrogen) atoms. The van der Waals surface area contributed by atoms with Crippen molar-refractivity contribution >= 4 is 34.5 Å². The van der Waals surface area contributed by atoms with E-state index in [9.17, 15) is 19.1 Å². The second-order valence-corrected chi connectivity index (χ2v) is 9.27. The fraction of sp³-hybridized carbons (Fsp3) is 0.346. The lowest BCUT2D eigenvalue weighted by Gasteiger charge is -2.25. The zero-order chi connectivity index (χ0) is 24.9. The normalized spacial score (nSPS) is 24.7. The highest BCUT2D eigenvalue weighted by molar-refractivity contribution is 6.32. The number of halogens is 1. The Labute approximate surface area is 202 Å². The molecule has 0 bridgehead atoms. The molecule has 1 amide bonds. The van der Waals surface area contributed by atoms with E-state index in [1.807, 2.05) is 19.9 Å². The van der Waals surface area contributed by atoms with E-state index >= 15 is 0 Å². The minimum Gasteiger partial charge on any atom is -0.482 e. The second kappa shape index (κ2) is 8.49. The number of nitrogens with one attached hydrogen (secondary N) is 1. The molecule has 3 aliphatic heterocycles. The van der Waals surface area contributed by atoms with E-state index in [-0.39, 0.29) is 37.0 Å². The molecule has 9 heteroatoms. The summed E-state index contributed by atoms with van der Waals surface area (Å²) >= 11 is 0. The van der Waals surface area contributed by atoms with Gasteiger partial charge in [-0.15, -0.1) is 0 Å². The van der Waals surface area contributed by atoms with Gasteiger partial charge in [-0.05, 0) is 57.2 Å². The quantitative estimate of drug-likeness (QED) is 0.513. The van der Waals surface area contributed by atoms with Gasteiger partial charge in [-0.2, -0.15) is 0 Å². The SMILES string of the molecule is CCOC(=O)[C@@H]1C[C@@H](O)CN1c1ccc(C2=C/C(=C3\C(=O)Nc4ccc(F)cc43)OC2(C)C)cn1. The van der Waals surface area contributed by atoms with Crippen molar-refractivity contribution in [3.05, 3.63) is 65.3 Å². The summed E-state index contributed by atoms with van der Waals surface area (Å²) in [5.41, 5.74) is 2.11. The molecule has 0 spiro atoms. The van der Waals surface area contributed by atoms with E-state index in [4.69, 9.17) is 9.47 Å². The minimum atomic E-state index is -0.765. The zero-order valence-electron chi connectivity index (χ0n) is 19.7. The Bertz CT molecular complexity index is 1270. The number of anilines is 2. The van der Waals surface area contributed by atoms with Crippen molar-refractivity contribution in [3.63, 3.8) is 0 Å². The molecule has 2 atom stereocenters. The van der Waals surface area contributed by atoms with Crippen molar-refractivity contribution in [1.82, 2.24) is 4.98 Å². The number of carbonyl (C=O) groups is 2. The Morgan fingerprint density at radius 1 is 1.34 bits per heavy atom. The lowest BCUT2D eigenvalue weighted by molar-refractivity contribution is -0.144. The van der Waals surface area contributed by atoms with Crippen molar-refractivity contribution in [1.29, 1.82) is 0 Å². The number of ether oxygens (including phenoxy) is 2. The first-order chi connectivity index (χ1) is 16.7. The highest BCUT2D eigenvalue weighted by Crippen LogP contribution is 2.44. The predicted molar refractivity (Wildman–Crippen MR) is 128 cm³/mol. The summed E-state index contributed by atoms with van der Waals surface area (Å²) in [4.78, 5) is 31.3. The number of aliphatic hydroxyl groups excluding tert-OH is 1. The summed E-state index contributed by atoms with van der Waals surface area (Å²) in [6, 6.07) is 7.20. The Morgan fingerprint density at radius 2 is 2.14 bits per heavy atom. The molecule has 0 radical (unpaired) electrons. The Kier molecular flexibility index (Phi) is 5.59. The number of esters is 1. The van der Waals surface area contributed by atoms with Crippen LogP contribution in [0.25, 0.3) is 11.1 Å². The number of amides is 1. The van der Waals surface area contributed by atoms with E-state index in [0.29, 0.717) is 22.8 Å². The first-order valence-corrected chi connectivity index (χ1v) is 11.5. The number of aliphatic hydroxyl groups is 1. The van der Waals surface area contributed by atoms with Gasteiger partial charge in [-0.25, -0.2) is 14.2 Å². The van der Waals surface area contributed by atoms with E-state index in [2.05, 4.69) is 10.3 Å². The van der Waals surface area contributed by atoms with Crippen molar-refractivity contribution in [2.24, 2.45) is 0 Å². The van der Waals surface area contributed by atoms with Gasteiger partial charge in [0.2, 0.25) is 0 Å². The summed E-state index contributed by atoms with van der Waals surface area (Å²) in [6.07, 6.45) is 3.10. The maximum atomic E-state index is 13.9. The molecule has 5 rings (SSSR count). The van der Waals surface area contributed by atoms with Crippen LogP contribution >= 0.6 is 0 Å². The number of β-amino-alcohol motifs (C(OH)–C–C–N with tert-alkyl or cyclic N) is 1. The molecule has 1 aromatic heterocycles. The van der Waals surface area contributed by atoms with Crippen LogP contribution < -0.4 is 10.2 Å². The summed E-state index contributed by atoms with van der Waals surface area (Å²) in [7, 11) is 0. The first kappa shape index (κ1) is 23.0. The fourth-order valence-electron chi connectivity index (χ4n) is 4.85. The Morgan fingerprint density at radius 3 is 2.86 bits per heavy atom. The van der Waals surface area contributed by atoms with Gasteiger partial charge in [-0.3, -0.25) is 4.79 Å². The van der Waals surface area contributed by atoms with E-state index in [1.54, 1.807) is 30.2 Å². The highest BCUT2D eigenvalue weighted by atomic mass is 19.1. The predicted octanol–water partition coefficient (Wildman–Crippen LogP) is 3.28. The molecule has 2 N–H and O–H groups in total. The molecule has 0 unspecified atom stereocenters. The van der Waals surface area contributed by atoms with Crippen LogP contribution in [-0.4, -0.2) is 52.9 Å². The van der Waals surface area contributed by atoms with Crippen LogP contribution in [0.1, 0.15) is 38.3 Å². The fourth-order valence-corrected chi connectivity index (χ4v) is 4.85. The van der Waals surface area contributed by atoms with Gasteiger partial charge in [0.25, 0.3) is 5.91 Å². The zero-order valence-corrected chi connectivity index (χ0v) is 19.7. The van der Waals surface area contributed by atoms with Gasteiger partial charge < -0.3 is 24.8 Å². The molecule has 2 aromatic rings. The van der Waals surface area contributed by atoms with Crippen molar-refractivity contribution < 1.29 is 28.6 Å². The maximum Gasteiger partial charge on any atom is 0.328 e. The molecule has 0 aliphatic carbocycles. The number of pyridine rings is 1. The number of rotatable bonds is 4. The van der Waals surface area contributed by atoms with Gasteiger partial charge in [0.1, 0.15) is 29.0 Å². The van der Waals surface area contributed by atoms with E-state index in [1.165, 1.54) is 18.2 Å². The van der Waals surface area contributed by atoms with Crippen LogP contribution in [0, 0.1) is 5.82 Å². The largest absolute Gasteiger partial charge is 0.482 e. The third-order valence-electron chi connectivity index (χ3n) is 6.45. The molecular formula is C26H26FN3O5. The van der Waals surface area contributed by atoms with Gasteiger partial charge in [-0.1, -0.05) is 0 Å².